The number of aromatic nitrogens is 3. The van der Waals surface area contributed by atoms with E-state index in [9.17, 15) is 18.0 Å². The van der Waals surface area contributed by atoms with Gasteiger partial charge in [0, 0.05) is 35.3 Å². The summed E-state index contributed by atoms with van der Waals surface area (Å²) in [4.78, 5) is 25.7. The lowest BCUT2D eigenvalue weighted by molar-refractivity contribution is -0.181. The summed E-state index contributed by atoms with van der Waals surface area (Å²) in [6, 6.07) is 8.76. The molecule has 1 amide bonds. The number of carbonyl (C=O) groups is 1. The van der Waals surface area contributed by atoms with E-state index in [2.05, 4.69) is 62.2 Å². The van der Waals surface area contributed by atoms with Gasteiger partial charge in [0.25, 0.3) is 5.91 Å². The summed E-state index contributed by atoms with van der Waals surface area (Å²) in [6.07, 6.45) is -0.923. The normalized spacial score (nSPS) is 15.0. The second-order valence-electron chi connectivity index (χ2n) is 11.1. The van der Waals surface area contributed by atoms with Crippen LogP contribution in [0.15, 0.2) is 42.7 Å². The minimum Gasteiger partial charge on any atom is -0.350 e. The van der Waals surface area contributed by atoms with Gasteiger partial charge in [0.15, 0.2) is 0 Å². The summed E-state index contributed by atoms with van der Waals surface area (Å²) < 4.78 is 40.9. The number of nitrogens with one attached hydrogen (secondary N) is 4. The Morgan fingerprint density at radius 2 is 1.77 bits per heavy atom. The molecule has 0 bridgehead atoms. The highest BCUT2D eigenvalue weighted by Gasteiger charge is 2.49. The number of hydrogen-bond donors (Lipinski definition) is 4. The first-order valence-electron chi connectivity index (χ1n) is 12.8. The van der Waals surface area contributed by atoms with Crippen molar-refractivity contribution in [2.75, 3.05) is 17.2 Å². The maximum Gasteiger partial charge on any atom is 0.399 e. The maximum atomic E-state index is 13.6. The van der Waals surface area contributed by atoms with E-state index in [1.165, 1.54) is 35.7 Å². The monoisotopic (exact) mass is 541 g/mol. The maximum absolute atomic E-state index is 13.6. The Hall–Kier alpha value is -3.73. The first-order valence-corrected chi connectivity index (χ1v) is 12.8. The molecule has 8 nitrogen and oxygen atoms in total. The second-order valence-corrected chi connectivity index (χ2v) is 11.1. The number of fused-ring (bicyclic) bond motifs is 1. The van der Waals surface area contributed by atoms with E-state index < -0.39 is 17.5 Å². The zero-order valence-corrected chi connectivity index (χ0v) is 22.9. The average Bonchev–Trinajstić information content (AvgIpc) is 2.83. The van der Waals surface area contributed by atoms with Gasteiger partial charge in [-0.2, -0.15) is 18.2 Å². The second kappa shape index (κ2) is 10.4. The number of amides is 1. The molecule has 0 aliphatic carbocycles. The molecule has 1 aliphatic heterocycles. The van der Waals surface area contributed by atoms with Gasteiger partial charge in [-0.15, -0.1) is 0 Å². The van der Waals surface area contributed by atoms with Crippen molar-refractivity contribution in [2.24, 2.45) is 0 Å². The molecule has 0 spiro atoms. The molecule has 39 heavy (non-hydrogen) atoms. The molecule has 0 atom stereocenters. The molecule has 0 saturated carbocycles. The van der Waals surface area contributed by atoms with Gasteiger partial charge in [0.1, 0.15) is 16.8 Å². The molecule has 0 saturated heterocycles. The first kappa shape index (κ1) is 28.3. The fourth-order valence-corrected chi connectivity index (χ4v) is 4.40. The standard InChI is InChI=1S/C28H34F3N7O/c1-16(2)35-24(39)20-15-33-25(37-18-7-8-21-17(13-18)9-12-34-27(21,5)6)38-23(20)36-19-10-11-32-22(14-19)26(3,4)28(29,30)31/h7-8,10-11,13-16,34H,9,12H2,1-6H3,(H,35,39)(H2,32,33,36,37,38). The minimum atomic E-state index is -4.49. The average molecular weight is 542 g/mol. The molecule has 11 heteroatoms. The lowest BCUT2D eigenvalue weighted by atomic mass is 9.85. The van der Waals surface area contributed by atoms with Crippen LogP contribution in [-0.2, 0) is 17.4 Å². The molecule has 3 aromatic rings. The number of benzene rings is 1. The zero-order valence-electron chi connectivity index (χ0n) is 22.9. The summed E-state index contributed by atoms with van der Waals surface area (Å²) in [7, 11) is 0. The first-order chi connectivity index (χ1) is 18.2. The topological polar surface area (TPSA) is 104 Å². The number of rotatable bonds is 7. The SMILES string of the molecule is CC(C)NC(=O)c1cnc(Nc2ccc3c(c2)CCNC3(C)C)nc1Nc1ccnc(C(C)(C)C(F)(F)F)c1. The van der Waals surface area contributed by atoms with E-state index in [0.29, 0.717) is 5.69 Å². The van der Waals surface area contributed by atoms with Crippen molar-refractivity contribution >= 4 is 29.0 Å². The van der Waals surface area contributed by atoms with Gasteiger partial charge < -0.3 is 21.3 Å². The zero-order chi connectivity index (χ0) is 28.6. The van der Waals surface area contributed by atoms with Gasteiger partial charge in [-0.05, 0) is 89.9 Å². The van der Waals surface area contributed by atoms with Crippen LogP contribution in [0.4, 0.5) is 36.3 Å². The van der Waals surface area contributed by atoms with E-state index in [4.69, 9.17) is 0 Å². The van der Waals surface area contributed by atoms with E-state index >= 15 is 0 Å². The molecule has 0 unspecified atom stereocenters. The fraction of sp³-hybridized carbons (Fsp3) is 0.429. The number of nitrogens with zero attached hydrogens (tertiary/aromatic N) is 3. The van der Waals surface area contributed by atoms with Crippen molar-refractivity contribution in [3.05, 3.63) is 65.1 Å². The number of alkyl halides is 3. The van der Waals surface area contributed by atoms with Gasteiger partial charge in [-0.1, -0.05) is 6.07 Å². The van der Waals surface area contributed by atoms with Gasteiger partial charge in [0.2, 0.25) is 5.95 Å². The number of carbonyl (C=O) groups excluding carboxylic acids is 1. The quantitative estimate of drug-likeness (QED) is 0.303. The van der Waals surface area contributed by atoms with Crippen LogP contribution in [0.1, 0.15) is 68.7 Å². The van der Waals surface area contributed by atoms with Crippen molar-refractivity contribution in [2.45, 2.75) is 71.1 Å². The number of hydrogen-bond acceptors (Lipinski definition) is 7. The smallest absolute Gasteiger partial charge is 0.350 e. The molecule has 1 aromatic carbocycles. The predicted octanol–water partition coefficient (Wildman–Crippen LogP) is 5.72. The lowest BCUT2D eigenvalue weighted by Crippen LogP contribution is -2.42. The van der Waals surface area contributed by atoms with Gasteiger partial charge in [-0.25, -0.2) is 4.98 Å². The van der Waals surface area contributed by atoms with Crippen LogP contribution in [0.3, 0.4) is 0 Å². The Morgan fingerprint density at radius 3 is 2.46 bits per heavy atom. The van der Waals surface area contributed by atoms with Gasteiger partial charge >= 0.3 is 6.18 Å². The molecule has 2 aromatic heterocycles. The Labute approximate surface area is 226 Å². The Balaban J connectivity index is 1.67. The molecule has 4 N–H and O–H groups in total. The number of pyridine rings is 1. The van der Waals surface area contributed by atoms with E-state index in [0.717, 1.165) is 32.5 Å². The lowest BCUT2D eigenvalue weighted by Gasteiger charge is -2.34. The molecule has 0 radical (unpaired) electrons. The summed E-state index contributed by atoms with van der Waals surface area (Å²) >= 11 is 0. The summed E-state index contributed by atoms with van der Waals surface area (Å²) in [5, 5.41) is 12.5. The van der Waals surface area contributed by atoms with Crippen molar-refractivity contribution < 1.29 is 18.0 Å². The largest absolute Gasteiger partial charge is 0.399 e. The Bertz CT molecular complexity index is 1370. The molecule has 1 aliphatic rings. The summed E-state index contributed by atoms with van der Waals surface area (Å²) in [5.41, 5.74) is 1.23. The van der Waals surface area contributed by atoms with Crippen LogP contribution in [-0.4, -0.2) is 39.6 Å². The van der Waals surface area contributed by atoms with Gasteiger partial charge in [0.05, 0.1) is 5.69 Å². The molecular formula is C28H34F3N7O. The molecule has 3 heterocycles. The van der Waals surface area contributed by atoms with E-state index in [-0.39, 0.29) is 34.6 Å². The van der Waals surface area contributed by atoms with Crippen LogP contribution in [0.25, 0.3) is 0 Å². The van der Waals surface area contributed by atoms with Gasteiger partial charge in [-0.3, -0.25) is 9.78 Å². The molecule has 208 valence electrons. The van der Waals surface area contributed by atoms with Crippen LogP contribution in [0.5, 0.6) is 0 Å². The molecule has 0 fully saturated rings. The van der Waals surface area contributed by atoms with E-state index in [1.807, 2.05) is 19.9 Å². The van der Waals surface area contributed by atoms with Crippen LogP contribution < -0.4 is 21.3 Å². The van der Waals surface area contributed by atoms with Crippen molar-refractivity contribution in [3.63, 3.8) is 0 Å². The third kappa shape index (κ3) is 6.13. The van der Waals surface area contributed by atoms with Crippen LogP contribution in [0, 0.1) is 0 Å². The predicted molar refractivity (Wildman–Crippen MR) is 146 cm³/mol. The van der Waals surface area contributed by atoms with Crippen molar-refractivity contribution in [3.8, 4) is 0 Å². The van der Waals surface area contributed by atoms with Crippen LogP contribution >= 0.6 is 0 Å². The fourth-order valence-electron chi connectivity index (χ4n) is 4.40. The van der Waals surface area contributed by atoms with Crippen molar-refractivity contribution in [1.29, 1.82) is 0 Å². The van der Waals surface area contributed by atoms with Crippen molar-refractivity contribution in [1.82, 2.24) is 25.6 Å². The third-order valence-corrected chi connectivity index (χ3v) is 6.82. The highest BCUT2D eigenvalue weighted by atomic mass is 19.4. The van der Waals surface area contributed by atoms with Crippen LogP contribution in [0.2, 0.25) is 0 Å². The highest BCUT2D eigenvalue weighted by molar-refractivity contribution is 5.99. The molecule has 4 rings (SSSR count). The van der Waals surface area contributed by atoms with E-state index in [1.54, 1.807) is 0 Å². The molecular weight excluding hydrogens is 507 g/mol. The summed E-state index contributed by atoms with van der Waals surface area (Å²) in [6.45, 7) is 10.9. The minimum absolute atomic E-state index is 0.130. The highest BCUT2D eigenvalue weighted by Crippen LogP contribution is 2.40. The summed E-state index contributed by atoms with van der Waals surface area (Å²) in [5.74, 6) is -0.0278. The number of halogens is 3. The number of anilines is 4. The third-order valence-electron chi connectivity index (χ3n) is 6.82. The Kier molecular flexibility index (Phi) is 7.57. The Morgan fingerprint density at radius 1 is 1.05 bits per heavy atom.